The molecule has 1 aromatic heterocycles. The van der Waals surface area contributed by atoms with Crippen LogP contribution in [0.4, 0.5) is 8.78 Å². The van der Waals surface area contributed by atoms with Gasteiger partial charge in [0, 0.05) is 15.7 Å². The summed E-state index contributed by atoms with van der Waals surface area (Å²) in [6.07, 6.45) is 1.51. The molecular formula is C11H7F2IN2O. The van der Waals surface area contributed by atoms with Gasteiger partial charge >= 0.3 is 0 Å². The summed E-state index contributed by atoms with van der Waals surface area (Å²) in [5, 5.41) is 3.88. The van der Waals surface area contributed by atoms with Crippen molar-refractivity contribution in [3.05, 3.63) is 61.6 Å². The molecule has 3 nitrogen and oxygen atoms in total. The largest absolute Gasteiger partial charge is 0.268 e. The lowest BCUT2D eigenvalue weighted by Crippen LogP contribution is -2.22. The van der Waals surface area contributed by atoms with Crippen LogP contribution in [0.25, 0.3) is 0 Å². The van der Waals surface area contributed by atoms with Gasteiger partial charge in [0.15, 0.2) is 0 Å². The van der Waals surface area contributed by atoms with E-state index >= 15 is 0 Å². The first-order valence-corrected chi connectivity index (χ1v) is 5.80. The van der Waals surface area contributed by atoms with Gasteiger partial charge in [0.1, 0.15) is 11.6 Å². The van der Waals surface area contributed by atoms with Crippen LogP contribution in [0.3, 0.4) is 0 Å². The second-order valence-corrected chi connectivity index (χ2v) is 4.69. The predicted molar refractivity (Wildman–Crippen MR) is 66.7 cm³/mol. The van der Waals surface area contributed by atoms with Crippen molar-refractivity contribution < 1.29 is 8.78 Å². The van der Waals surface area contributed by atoms with E-state index in [1.165, 1.54) is 24.4 Å². The Morgan fingerprint density at radius 2 is 1.82 bits per heavy atom. The van der Waals surface area contributed by atoms with Crippen LogP contribution in [-0.2, 0) is 6.54 Å². The number of halogens is 3. The molecule has 2 rings (SSSR count). The highest BCUT2D eigenvalue weighted by Crippen LogP contribution is 2.08. The third-order valence-electron chi connectivity index (χ3n) is 2.09. The van der Waals surface area contributed by atoms with Crippen molar-refractivity contribution in [2.24, 2.45) is 0 Å². The first-order valence-electron chi connectivity index (χ1n) is 4.72. The Bertz CT molecular complexity index is 592. The van der Waals surface area contributed by atoms with Gasteiger partial charge in [-0.15, -0.1) is 0 Å². The molecule has 0 fully saturated rings. The second kappa shape index (κ2) is 4.91. The van der Waals surface area contributed by atoms with Gasteiger partial charge in [-0.3, -0.25) is 4.79 Å². The van der Waals surface area contributed by atoms with Crippen molar-refractivity contribution in [2.45, 2.75) is 6.54 Å². The summed E-state index contributed by atoms with van der Waals surface area (Å²) in [4.78, 5) is 11.5. The summed E-state index contributed by atoms with van der Waals surface area (Å²) in [6.45, 7) is 0.0461. The lowest BCUT2D eigenvalue weighted by molar-refractivity contribution is 0.570. The molecule has 0 radical (unpaired) electrons. The highest BCUT2D eigenvalue weighted by atomic mass is 127. The minimum absolute atomic E-state index is 0.0461. The zero-order chi connectivity index (χ0) is 12.4. The SMILES string of the molecule is O=c1cc(I)cnn1Cc1cc(F)cc(F)c1. The molecule has 0 saturated heterocycles. The lowest BCUT2D eigenvalue weighted by Gasteiger charge is -2.04. The minimum atomic E-state index is -0.668. The van der Waals surface area contributed by atoms with E-state index in [2.05, 4.69) is 5.10 Å². The van der Waals surface area contributed by atoms with Crippen LogP contribution in [0.2, 0.25) is 0 Å². The van der Waals surface area contributed by atoms with Crippen LogP contribution < -0.4 is 5.56 Å². The molecule has 0 saturated carbocycles. The molecule has 1 heterocycles. The van der Waals surface area contributed by atoms with Gasteiger partial charge in [-0.05, 0) is 40.3 Å². The maximum atomic E-state index is 12.9. The van der Waals surface area contributed by atoms with Crippen molar-refractivity contribution in [1.29, 1.82) is 0 Å². The summed E-state index contributed by atoms with van der Waals surface area (Å²) < 4.78 is 27.8. The molecule has 6 heteroatoms. The molecule has 1 aromatic carbocycles. The third-order valence-corrected chi connectivity index (χ3v) is 2.68. The Hall–Kier alpha value is -1.31. The maximum Gasteiger partial charge on any atom is 0.268 e. The topological polar surface area (TPSA) is 34.9 Å². The number of hydrogen-bond acceptors (Lipinski definition) is 2. The first-order chi connectivity index (χ1) is 8.04. The van der Waals surface area contributed by atoms with Crippen LogP contribution in [0.1, 0.15) is 5.56 Å². The lowest BCUT2D eigenvalue weighted by atomic mass is 10.2. The standard InChI is InChI=1S/C11H7F2IN2O/c12-8-1-7(2-9(13)3-8)6-16-11(17)4-10(14)5-15-16/h1-5H,6H2. The fraction of sp³-hybridized carbons (Fsp3) is 0.0909. The molecule has 0 bridgehead atoms. The van der Waals surface area contributed by atoms with Gasteiger partial charge in [-0.1, -0.05) is 0 Å². The molecule has 0 spiro atoms. The van der Waals surface area contributed by atoms with E-state index in [0.29, 0.717) is 9.13 Å². The summed E-state index contributed by atoms with van der Waals surface area (Å²) in [5.41, 5.74) is 0.0554. The zero-order valence-corrected chi connectivity index (χ0v) is 10.7. The highest BCUT2D eigenvalue weighted by molar-refractivity contribution is 14.1. The molecule has 0 amide bonds. The van der Waals surface area contributed by atoms with Crippen LogP contribution in [-0.4, -0.2) is 9.78 Å². The number of nitrogens with zero attached hydrogens (tertiary/aromatic N) is 2. The zero-order valence-electron chi connectivity index (χ0n) is 8.53. The average Bonchev–Trinajstić information content (AvgIpc) is 2.21. The molecule has 0 atom stereocenters. The van der Waals surface area contributed by atoms with Crippen molar-refractivity contribution in [3.8, 4) is 0 Å². The molecule has 88 valence electrons. The van der Waals surface area contributed by atoms with E-state index in [0.717, 1.165) is 10.7 Å². The smallest absolute Gasteiger partial charge is 0.268 e. The second-order valence-electron chi connectivity index (χ2n) is 3.45. The van der Waals surface area contributed by atoms with Gasteiger partial charge in [-0.25, -0.2) is 13.5 Å². The van der Waals surface area contributed by atoms with Crippen molar-refractivity contribution in [2.75, 3.05) is 0 Å². The molecule has 0 unspecified atom stereocenters. The predicted octanol–water partition coefficient (Wildman–Crippen LogP) is 2.17. The number of aromatic nitrogens is 2. The Labute approximate surface area is 109 Å². The molecule has 2 aromatic rings. The normalized spacial score (nSPS) is 10.5. The van der Waals surface area contributed by atoms with E-state index in [1.54, 1.807) is 0 Å². The first kappa shape index (κ1) is 12.2. The number of hydrogen-bond donors (Lipinski definition) is 0. The summed E-state index contributed by atoms with van der Waals surface area (Å²) >= 11 is 1.97. The Morgan fingerprint density at radius 1 is 1.18 bits per heavy atom. The van der Waals surface area contributed by atoms with E-state index < -0.39 is 11.6 Å². The van der Waals surface area contributed by atoms with Crippen molar-refractivity contribution in [3.63, 3.8) is 0 Å². The summed E-state index contributed by atoms with van der Waals surface area (Å²) in [7, 11) is 0. The van der Waals surface area contributed by atoms with Gasteiger partial charge in [0.05, 0.1) is 12.7 Å². The van der Waals surface area contributed by atoms with Gasteiger partial charge in [0.25, 0.3) is 5.56 Å². The summed E-state index contributed by atoms with van der Waals surface area (Å²) in [6, 6.07) is 4.54. The Balaban J connectivity index is 2.34. The van der Waals surface area contributed by atoms with E-state index in [9.17, 15) is 13.6 Å². The van der Waals surface area contributed by atoms with Crippen molar-refractivity contribution in [1.82, 2.24) is 9.78 Å². The summed E-state index contributed by atoms with van der Waals surface area (Å²) in [5.74, 6) is -1.34. The highest BCUT2D eigenvalue weighted by Gasteiger charge is 2.04. The quantitative estimate of drug-likeness (QED) is 0.780. The monoisotopic (exact) mass is 348 g/mol. The van der Waals surface area contributed by atoms with Crippen LogP contribution in [0.5, 0.6) is 0 Å². The van der Waals surface area contributed by atoms with Crippen LogP contribution in [0, 0.1) is 15.2 Å². The average molecular weight is 348 g/mol. The molecule has 0 N–H and O–H groups in total. The van der Waals surface area contributed by atoms with Crippen LogP contribution in [0.15, 0.2) is 35.3 Å². The molecule has 0 aliphatic rings. The van der Waals surface area contributed by atoms with E-state index in [4.69, 9.17) is 0 Å². The number of rotatable bonds is 2. The van der Waals surface area contributed by atoms with Crippen LogP contribution >= 0.6 is 22.6 Å². The van der Waals surface area contributed by atoms with Gasteiger partial charge in [-0.2, -0.15) is 5.10 Å². The molecule has 0 aliphatic carbocycles. The fourth-order valence-corrected chi connectivity index (χ4v) is 1.80. The van der Waals surface area contributed by atoms with E-state index in [1.807, 2.05) is 22.6 Å². The Kier molecular flexibility index (Phi) is 3.51. The van der Waals surface area contributed by atoms with Crippen molar-refractivity contribution >= 4 is 22.6 Å². The number of benzene rings is 1. The van der Waals surface area contributed by atoms with Gasteiger partial charge in [0.2, 0.25) is 0 Å². The van der Waals surface area contributed by atoms with E-state index in [-0.39, 0.29) is 12.1 Å². The molecule has 17 heavy (non-hydrogen) atoms. The molecule has 0 aliphatic heterocycles. The fourth-order valence-electron chi connectivity index (χ4n) is 1.41. The minimum Gasteiger partial charge on any atom is -0.268 e. The molecular weight excluding hydrogens is 341 g/mol. The third kappa shape index (κ3) is 3.09. The maximum absolute atomic E-state index is 12.9. The Morgan fingerprint density at radius 3 is 2.41 bits per heavy atom. The van der Waals surface area contributed by atoms with Gasteiger partial charge < -0.3 is 0 Å².